The van der Waals surface area contributed by atoms with Gasteiger partial charge >= 0.3 is 0 Å². The van der Waals surface area contributed by atoms with Crippen molar-refractivity contribution >= 4 is 12.4 Å². The van der Waals surface area contributed by atoms with E-state index >= 15 is 0 Å². The molecular weight excluding hydrogens is 318 g/mol. The van der Waals surface area contributed by atoms with Crippen LogP contribution in [0.5, 0.6) is 5.75 Å². The first-order valence-electron chi connectivity index (χ1n) is 8.51. The Bertz CT molecular complexity index is 585. The van der Waals surface area contributed by atoms with Gasteiger partial charge in [0.2, 0.25) is 0 Å². The van der Waals surface area contributed by atoms with E-state index in [0.717, 1.165) is 31.9 Å². The molecule has 3 heteroatoms. The lowest BCUT2D eigenvalue weighted by molar-refractivity contribution is 0.317. The molecule has 0 heterocycles. The first kappa shape index (κ1) is 20.5. The third kappa shape index (κ3) is 6.54. The van der Waals surface area contributed by atoms with Gasteiger partial charge in [-0.25, -0.2) is 0 Å². The zero-order valence-electron chi connectivity index (χ0n) is 15.3. The van der Waals surface area contributed by atoms with E-state index in [9.17, 15) is 0 Å². The Hall–Kier alpha value is -1.51. The van der Waals surface area contributed by atoms with Crippen LogP contribution in [0.15, 0.2) is 48.5 Å². The topological polar surface area (TPSA) is 21.3 Å². The van der Waals surface area contributed by atoms with Crippen molar-refractivity contribution in [3.8, 4) is 5.75 Å². The molecular formula is C21H30ClNO. The number of ether oxygens (including phenoxy) is 1. The molecule has 0 aromatic heterocycles. The SMILES string of the molecule is CCCOc1ccc(CNCc2ccc(C(C)(C)C)cc2)cc1.Cl. The van der Waals surface area contributed by atoms with Gasteiger partial charge in [-0.2, -0.15) is 0 Å². The molecule has 24 heavy (non-hydrogen) atoms. The molecule has 2 aromatic carbocycles. The molecule has 0 bridgehead atoms. The maximum Gasteiger partial charge on any atom is 0.119 e. The Labute approximate surface area is 153 Å². The lowest BCUT2D eigenvalue weighted by Crippen LogP contribution is -2.14. The summed E-state index contributed by atoms with van der Waals surface area (Å²) < 4.78 is 5.60. The maximum atomic E-state index is 5.60. The number of hydrogen-bond acceptors (Lipinski definition) is 2. The van der Waals surface area contributed by atoms with Crippen molar-refractivity contribution < 1.29 is 4.74 Å². The summed E-state index contributed by atoms with van der Waals surface area (Å²) in [6.07, 6.45) is 1.04. The van der Waals surface area contributed by atoms with Gasteiger partial charge in [0.05, 0.1) is 6.61 Å². The minimum absolute atomic E-state index is 0. The molecule has 0 atom stereocenters. The number of rotatable bonds is 7. The molecule has 2 nitrogen and oxygen atoms in total. The van der Waals surface area contributed by atoms with Crippen LogP contribution in [-0.2, 0) is 18.5 Å². The summed E-state index contributed by atoms with van der Waals surface area (Å²) >= 11 is 0. The van der Waals surface area contributed by atoms with Crippen LogP contribution in [0.1, 0.15) is 50.8 Å². The molecule has 0 aliphatic rings. The molecule has 0 fully saturated rings. The monoisotopic (exact) mass is 347 g/mol. The minimum atomic E-state index is 0. The van der Waals surface area contributed by atoms with Crippen molar-refractivity contribution in [3.63, 3.8) is 0 Å². The highest BCUT2D eigenvalue weighted by atomic mass is 35.5. The predicted molar refractivity (Wildman–Crippen MR) is 105 cm³/mol. The summed E-state index contributed by atoms with van der Waals surface area (Å²) in [5.41, 5.74) is 4.19. The fourth-order valence-electron chi connectivity index (χ4n) is 2.40. The van der Waals surface area contributed by atoms with Crippen LogP contribution >= 0.6 is 12.4 Å². The van der Waals surface area contributed by atoms with Crippen LogP contribution in [-0.4, -0.2) is 6.61 Å². The third-order valence-corrected chi connectivity index (χ3v) is 3.87. The molecule has 132 valence electrons. The van der Waals surface area contributed by atoms with Crippen molar-refractivity contribution in [1.29, 1.82) is 0 Å². The first-order valence-corrected chi connectivity index (χ1v) is 8.51. The zero-order chi connectivity index (χ0) is 16.7. The fraction of sp³-hybridized carbons (Fsp3) is 0.429. The third-order valence-electron chi connectivity index (χ3n) is 3.87. The van der Waals surface area contributed by atoms with Crippen molar-refractivity contribution in [2.75, 3.05) is 6.61 Å². The lowest BCUT2D eigenvalue weighted by Gasteiger charge is -2.19. The van der Waals surface area contributed by atoms with Gasteiger partial charge < -0.3 is 10.1 Å². The Balaban J connectivity index is 0.00000288. The van der Waals surface area contributed by atoms with Crippen molar-refractivity contribution in [2.24, 2.45) is 0 Å². The van der Waals surface area contributed by atoms with Crippen LogP contribution in [0.25, 0.3) is 0 Å². The molecule has 0 saturated heterocycles. The fourth-order valence-corrected chi connectivity index (χ4v) is 2.40. The van der Waals surface area contributed by atoms with Crippen LogP contribution in [0.4, 0.5) is 0 Å². The summed E-state index contributed by atoms with van der Waals surface area (Å²) in [6.45, 7) is 11.4. The van der Waals surface area contributed by atoms with Gasteiger partial charge in [-0.15, -0.1) is 12.4 Å². The Morgan fingerprint density at radius 3 is 1.79 bits per heavy atom. The average molecular weight is 348 g/mol. The highest BCUT2D eigenvalue weighted by Gasteiger charge is 2.12. The molecule has 0 unspecified atom stereocenters. The largest absolute Gasteiger partial charge is 0.494 e. The number of hydrogen-bond donors (Lipinski definition) is 1. The van der Waals surface area contributed by atoms with E-state index in [1.165, 1.54) is 16.7 Å². The normalized spacial score (nSPS) is 11.0. The second-order valence-electron chi connectivity index (χ2n) is 7.04. The predicted octanol–water partition coefficient (Wildman–Crippen LogP) is 5.48. The highest BCUT2D eigenvalue weighted by Crippen LogP contribution is 2.22. The van der Waals surface area contributed by atoms with E-state index in [0.29, 0.717) is 0 Å². The zero-order valence-corrected chi connectivity index (χ0v) is 16.1. The number of benzene rings is 2. The van der Waals surface area contributed by atoms with Gasteiger partial charge in [0.1, 0.15) is 5.75 Å². The average Bonchev–Trinajstić information content (AvgIpc) is 2.54. The van der Waals surface area contributed by atoms with E-state index in [1.54, 1.807) is 0 Å². The Kier molecular flexibility index (Phi) is 8.30. The van der Waals surface area contributed by atoms with Crippen LogP contribution in [0.2, 0.25) is 0 Å². The number of nitrogens with one attached hydrogen (secondary N) is 1. The molecule has 0 saturated carbocycles. The number of halogens is 1. The second kappa shape index (κ2) is 9.71. The molecule has 0 spiro atoms. The second-order valence-corrected chi connectivity index (χ2v) is 7.04. The van der Waals surface area contributed by atoms with E-state index in [1.807, 2.05) is 12.1 Å². The van der Waals surface area contributed by atoms with Crippen LogP contribution < -0.4 is 10.1 Å². The smallest absolute Gasteiger partial charge is 0.119 e. The molecule has 0 amide bonds. The van der Waals surface area contributed by atoms with Gasteiger partial charge in [0, 0.05) is 13.1 Å². The van der Waals surface area contributed by atoms with Crippen molar-refractivity contribution in [1.82, 2.24) is 5.32 Å². The summed E-state index contributed by atoms with van der Waals surface area (Å²) in [5, 5.41) is 3.50. The van der Waals surface area contributed by atoms with Crippen molar-refractivity contribution in [3.05, 3.63) is 65.2 Å². The molecule has 2 rings (SSSR count). The van der Waals surface area contributed by atoms with E-state index < -0.39 is 0 Å². The van der Waals surface area contributed by atoms with Crippen LogP contribution in [0, 0.1) is 0 Å². The van der Waals surface area contributed by atoms with Gasteiger partial charge in [-0.3, -0.25) is 0 Å². The first-order chi connectivity index (χ1) is 11.0. The van der Waals surface area contributed by atoms with Crippen LogP contribution in [0.3, 0.4) is 0 Å². The minimum Gasteiger partial charge on any atom is -0.494 e. The van der Waals surface area contributed by atoms with E-state index in [2.05, 4.69) is 69.4 Å². The van der Waals surface area contributed by atoms with Gasteiger partial charge in [-0.05, 0) is 40.7 Å². The maximum absolute atomic E-state index is 5.60. The summed E-state index contributed by atoms with van der Waals surface area (Å²) in [6, 6.07) is 17.2. The van der Waals surface area contributed by atoms with Gasteiger partial charge in [0.15, 0.2) is 0 Å². The Morgan fingerprint density at radius 1 is 0.833 bits per heavy atom. The molecule has 0 aliphatic carbocycles. The summed E-state index contributed by atoms with van der Waals surface area (Å²) in [7, 11) is 0. The lowest BCUT2D eigenvalue weighted by atomic mass is 9.87. The quantitative estimate of drug-likeness (QED) is 0.715. The van der Waals surface area contributed by atoms with E-state index in [-0.39, 0.29) is 17.8 Å². The Morgan fingerprint density at radius 2 is 1.33 bits per heavy atom. The summed E-state index contributed by atoms with van der Waals surface area (Å²) in [4.78, 5) is 0. The summed E-state index contributed by atoms with van der Waals surface area (Å²) in [5.74, 6) is 0.952. The standard InChI is InChI=1S/C21H29NO.ClH/c1-5-14-23-20-12-8-18(9-13-20)16-22-15-17-6-10-19(11-7-17)21(2,3)4;/h6-13,22H,5,14-16H2,1-4H3;1H. The molecule has 0 aliphatic heterocycles. The molecule has 0 radical (unpaired) electrons. The molecule has 2 aromatic rings. The van der Waals surface area contributed by atoms with Crippen molar-refractivity contribution in [2.45, 2.75) is 52.6 Å². The highest BCUT2D eigenvalue weighted by molar-refractivity contribution is 5.85. The van der Waals surface area contributed by atoms with Gasteiger partial charge in [-0.1, -0.05) is 64.1 Å². The van der Waals surface area contributed by atoms with E-state index in [4.69, 9.17) is 4.74 Å². The molecule has 1 N–H and O–H groups in total. The van der Waals surface area contributed by atoms with Gasteiger partial charge in [0.25, 0.3) is 0 Å².